The number of alkyl halides is 2. The van der Waals surface area contributed by atoms with Crippen molar-refractivity contribution in [1.29, 1.82) is 0 Å². The third kappa shape index (κ3) is 1.52. The molecule has 1 aliphatic rings. The molecule has 0 fully saturated rings. The average Bonchev–Trinajstić information content (AvgIpc) is 2.37. The molecule has 1 aromatic heterocycles. The molecule has 20 heavy (non-hydrogen) atoms. The number of halogens is 2. The third-order valence-electron chi connectivity index (χ3n) is 3.52. The number of carbonyl (C=O) groups is 1. The first-order valence-electron chi connectivity index (χ1n) is 5.85. The second-order valence-corrected chi connectivity index (χ2v) is 4.70. The molecule has 0 unspecified atom stereocenters. The van der Waals surface area contributed by atoms with Gasteiger partial charge in [-0.2, -0.15) is 8.78 Å². The smallest absolute Gasteiger partial charge is 0.342 e. The number of rotatable bonds is 1. The van der Waals surface area contributed by atoms with Crippen LogP contribution in [-0.2, 0) is 6.42 Å². The molecule has 0 aliphatic carbocycles. The van der Waals surface area contributed by atoms with Crippen LogP contribution in [0.4, 0.5) is 8.78 Å². The molecule has 2 heterocycles. The molecule has 0 saturated heterocycles. The predicted molar refractivity (Wildman–Crippen MR) is 68.0 cm³/mol. The quantitative estimate of drug-likeness (QED) is 0.802. The Morgan fingerprint density at radius 1 is 1.40 bits per heavy atom. The monoisotopic (exact) mass is 280 g/mol. The predicted octanol–water partition coefficient (Wildman–Crippen LogP) is 1.42. The van der Waals surface area contributed by atoms with Crippen LogP contribution in [-0.4, -0.2) is 28.8 Å². The molecule has 0 amide bonds. The fourth-order valence-corrected chi connectivity index (χ4v) is 2.47. The highest BCUT2D eigenvalue weighted by Gasteiger charge is 2.40. The highest BCUT2D eigenvalue weighted by atomic mass is 19.3. The molecule has 0 bridgehead atoms. The van der Waals surface area contributed by atoms with Gasteiger partial charge in [-0.1, -0.05) is 12.1 Å². The summed E-state index contributed by atoms with van der Waals surface area (Å²) >= 11 is 0. The topological polar surface area (TPSA) is 62.5 Å². The number of carboxylic acid groups (broad SMARTS) is 1. The van der Waals surface area contributed by atoms with Gasteiger partial charge in [0.2, 0.25) is 5.43 Å². The first-order valence-corrected chi connectivity index (χ1v) is 5.85. The summed E-state index contributed by atoms with van der Waals surface area (Å²) in [6.45, 7) is 0. The Balaban J connectivity index is 2.49. The molecule has 1 aliphatic heterocycles. The van der Waals surface area contributed by atoms with Crippen molar-refractivity contribution in [3.8, 4) is 0 Å². The van der Waals surface area contributed by atoms with E-state index in [-0.39, 0.29) is 5.39 Å². The number of carboxylic acids is 1. The van der Waals surface area contributed by atoms with Crippen LogP contribution >= 0.6 is 0 Å². The van der Waals surface area contributed by atoms with Crippen molar-refractivity contribution in [3.05, 3.63) is 45.7 Å². The van der Waals surface area contributed by atoms with Gasteiger partial charge in [0.15, 0.2) is 0 Å². The number of aromatic carboxylic acids is 1. The molecule has 5 nitrogen and oxygen atoms in total. The van der Waals surface area contributed by atoms with Crippen molar-refractivity contribution in [2.75, 3.05) is 12.1 Å². The fourth-order valence-electron chi connectivity index (χ4n) is 2.47. The summed E-state index contributed by atoms with van der Waals surface area (Å²) in [5.74, 6) is -1.44. The van der Waals surface area contributed by atoms with Gasteiger partial charge in [-0.3, -0.25) is 14.5 Å². The van der Waals surface area contributed by atoms with Crippen LogP contribution in [0.2, 0.25) is 0 Å². The van der Waals surface area contributed by atoms with E-state index in [2.05, 4.69) is 0 Å². The number of aromatic nitrogens is 1. The van der Waals surface area contributed by atoms with E-state index in [0.717, 1.165) is 17.9 Å². The average molecular weight is 280 g/mol. The Bertz CT molecular complexity index is 798. The van der Waals surface area contributed by atoms with Crippen molar-refractivity contribution in [2.24, 2.45) is 0 Å². The van der Waals surface area contributed by atoms with Gasteiger partial charge in [-0.25, -0.2) is 4.79 Å². The second-order valence-electron chi connectivity index (χ2n) is 4.70. The highest BCUT2D eigenvalue weighted by Crippen LogP contribution is 2.32. The number of hydrogen-bond acceptors (Lipinski definition) is 3. The Morgan fingerprint density at radius 2 is 2.10 bits per heavy atom. The molecule has 0 radical (unpaired) electrons. The van der Waals surface area contributed by atoms with Gasteiger partial charge in [0.25, 0.3) is 0 Å². The lowest BCUT2D eigenvalue weighted by molar-refractivity contribution is -0.0213. The molecular formula is C13H10F2N2O3. The molecule has 1 aromatic carbocycles. The Kier molecular flexibility index (Phi) is 2.38. The van der Waals surface area contributed by atoms with Crippen LogP contribution in [0.25, 0.3) is 10.9 Å². The summed E-state index contributed by atoms with van der Waals surface area (Å²) < 4.78 is 28.9. The van der Waals surface area contributed by atoms with Crippen molar-refractivity contribution >= 4 is 16.9 Å². The van der Waals surface area contributed by atoms with Gasteiger partial charge in [0.05, 0.1) is 11.9 Å². The maximum Gasteiger partial charge on any atom is 0.342 e. The lowest BCUT2D eigenvalue weighted by atomic mass is 10.0. The van der Waals surface area contributed by atoms with Crippen LogP contribution < -0.4 is 10.4 Å². The van der Waals surface area contributed by atoms with E-state index in [0.29, 0.717) is 16.1 Å². The lowest BCUT2D eigenvalue weighted by Crippen LogP contribution is -2.51. The van der Waals surface area contributed by atoms with E-state index in [1.807, 2.05) is 0 Å². The molecule has 3 rings (SSSR count). The maximum atomic E-state index is 13.9. The lowest BCUT2D eigenvalue weighted by Gasteiger charge is -2.37. The van der Waals surface area contributed by atoms with Gasteiger partial charge >= 0.3 is 12.0 Å². The minimum absolute atomic E-state index is 0.129. The summed E-state index contributed by atoms with van der Waals surface area (Å²) in [5.41, 5.74) is -0.543. The Labute approximate surface area is 111 Å². The third-order valence-corrected chi connectivity index (χ3v) is 3.52. The molecule has 1 N–H and O–H groups in total. The summed E-state index contributed by atoms with van der Waals surface area (Å²) in [5, 5.41) is 9.81. The SMILES string of the molecule is CN1n2cc(C(=O)O)c(=O)c3cccc(c32)CC1(F)F. The Morgan fingerprint density at radius 3 is 2.75 bits per heavy atom. The van der Waals surface area contributed by atoms with Crippen molar-refractivity contribution < 1.29 is 18.7 Å². The van der Waals surface area contributed by atoms with E-state index >= 15 is 0 Å². The first-order chi connectivity index (χ1) is 9.33. The van der Waals surface area contributed by atoms with Gasteiger partial charge in [0.1, 0.15) is 5.56 Å². The van der Waals surface area contributed by atoms with Crippen LogP contribution in [0.1, 0.15) is 15.9 Å². The number of para-hydroxylation sites is 1. The summed E-state index contributed by atoms with van der Waals surface area (Å²) in [7, 11) is 1.16. The largest absolute Gasteiger partial charge is 0.477 e. The van der Waals surface area contributed by atoms with Gasteiger partial charge < -0.3 is 5.11 Å². The second kappa shape index (κ2) is 3.78. The molecular weight excluding hydrogens is 270 g/mol. The fraction of sp³-hybridized carbons (Fsp3) is 0.231. The van der Waals surface area contributed by atoms with Crippen molar-refractivity contribution in [2.45, 2.75) is 12.5 Å². The minimum Gasteiger partial charge on any atom is -0.477 e. The zero-order valence-electron chi connectivity index (χ0n) is 10.4. The highest BCUT2D eigenvalue weighted by molar-refractivity contribution is 5.93. The minimum atomic E-state index is -3.15. The summed E-state index contributed by atoms with van der Waals surface area (Å²) in [6, 6.07) is 1.30. The number of hydrogen-bond donors (Lipinski definition) is 1. The van der Waals surface area contributed by atoms with Crippen LogP contribution in [0.5, 0.6) is 0 Å². The van der Waals surface area contributed by atoms with E-state index in [9.17, 15) is 18.4 Å². The number of pyridine rings is 1. The molecule has 104 valence electrons. The van der Waals surface area contributed by atoms with Crippen LogP contribution in [0.15, 0.2) is 29.2 Å². The molecule has 7 heteroatoms. The van der Waals surface area contributed by atoms with Crippen molar-refractivity contribution in [3.63, 3.8) is 0 Å². The summed E-state index contributed by atoms with van der Waals surface area (Å²) in [6.07, 6.45) is 0.427. The standard InChI is InChI=1S/C13H10F2N2O3/c1-16-13(14,15)5-7-3-2-4-8-10(7)17(16)6-9(11(8)18)12(19)20/h2-4,6H,5H2,1H3,(H,19,20). The molecule has 0 spiro atoms. The van der Waals surface area contributed by atoms with Gasteiger partial charge in [-0.05, 0) is 11.6 Å². The van der Waals surface area contributed by atoms with E-state index < -0.39 is 29.4 Å². The first kappa shape index (κ1) is 12.6. The summed E-state index contributed by atoms with van der Waals surface area (Å²) in [4.78, 5) is 23.2. The maximum absolute atomic E-state index is 13.9. The zero-order chi connectivity index (χ0) is 14.7. The molecule has 0 saturated carbocycles. The number of likely N-dealkylation sites (N-methyl/N-ethyl adjacent to an activating group) is 1. The van der Waals surface area contributed by atoms with E-state index in [1.165, 1.54) is 18.2 Å². The number of benzene rings is 1. The van der Waals surface area contributed by atoms with Crippen molar-refractivity contribution in [1.82, 2.24) is 4.68 Å². The molecule has 0 atom stereocenters. The van der Waals surface area contributed by atoms with Crippen LogP contribution in [0, 0.1) is 0 Å². The Hall–Kier alpha value is -2.44. The molecule has 2 aromatic rings. The van der Waals surface area contributed by atoms with Gasteiger partial charge in [-0.15, -0.1) is 0 Å². The number of nitrogens with zero attached hydrogens (tertiary/aromatic N) is 2. The van der Waals surface area contributed by atoms with E-state index in [1.54, 1.807) is 0 Å². The van der Waals surface area contributed by atoms with E-state index in [4.69, 9.17) is 5.11 Å². The van der Waals surface area contributed by atoms with Crippen LogP contribution in [0.3, 0.4) is 0 Å². The van der Waals surface area contributed by atoms with Gasteiger partial charge in [0, 0.05) is 18.6 Å². The zero-order valence-corrected chi connectivity index (χ0v) is 10.4. The normalized spacial score (nSPS) is 16.4.